The van der Waals surface area contributed by atoms with Crippen LogP contribution in [0.15, 0.2) is 30.7 Å². The molecule has 7 heteroatoms. The first-order valence-electron chi connectivity index (χ1n) is 6.77. The van der Waals surface area contributed by atoms with Gasteiger partial charge >= 0.3 is 0 Å². The van der Waals surface area contributed by atoms with Crippen LogP contribution in [0.4, 0.5) is 5.82 Å². The minimum absolute atomic E-state index is 0.646. The molecule has 0 aromatic carbocycles. The van der Waals surface area contributed by atoms with Crippen LogP contribution in [-0.2, 0) is 14.1 Å². The molecule has 0 spiro atoms. The number of nitrogens with zero attached hydrogens (tertiary/aromatic N) is 6. The van der Waals surface area contributed by atoms with Crippen LogP contribution in [0, 0.1) is 0 Å². The predicted molar refractivity (Wildman–Crippen MR) is 80.6 cm³/mol. The van der Waals surface area contributed by atoms with Crippen LogP contribution in [0.5, 0.6) is 0 Å². The Hall–Kier alpha value is -2.70. The van der Waals surface area contributed by atoms with Crippen molar-refractivity contribution < 1.29 is 0 Å². The van der Waals surface area contributed by atoms with Crippen molar-refractivity contribution >= 4 is 5.82 Å². The Morgan fingerprint density at radius 2 is 2.05 bits per heavy atom. The van der Waals surface area contributed by atoms with E-state index in [9.17, 15) is 0 Å². The van der Waals surface area contributed by atoms with E-state index in [0.717, 1.165) is 29.3 Å². The fourth-order valence-electron chi connectivity index (χ4n) is 2.13. The quantitative estimate of drug-likeness (QED) is 0.789. The lowest BCUT2D eigenvalue weighted by molar-refractivity contribution is 0.767. The summed E-state index contributed by atoms with van der Waals surface area (Å²) in [5, 5.41) is 11.6. The maximum absolute atomic E-state index is 4.64. The van der Waals surface area contributed by atoms with Gasteiger partial charge in [0, 0.05) is 44.7 Å². The maximum Gasteiger partial charge on any atom is 0.180 e. The average molecular weight is 283 g/mol. The van der Waals surface area contributed by atoms with Crippen molar-refractivity contribution in [3.05, 3.63) is 30.7 Å². The second-order valence-electron chi connectivity index (χ2n) is 4.74. The zero-order valence-electron chi connectivity index (χ0n) is 12.3. The van der Waals surface area contributed by atoms with E-state index >= 15 is 0 Å². The molecule has 0 saturated carbocycles. The number of hydrogen-bond donors (Lipinski definition) is 1. The summed E-state index contributed by atoms with van der Waals surface area (Å²) < 4.78 is 3.52. The van der Waals surface area contributed by atoms with Crippen LogP contribution in [0.3, 0.4) is 0 Å². The van der Waals surface area contributed by atoms with Crippen molar-refractivity contribution in [1.82, 2.24) is 29.5 Å². The van der Waals surface area contributed by atoms with Crippen molar-refractivity contribution in [1.29, 1.82) is 0 Å². The highest BCUT2D eigenvalue weighted by atomic mass is 15.3. The number of hydrogen-bond acceptors (Lipinski definition) is 5. The third-order valence-electron chi connectivity index (χ3n) is 3.13. The third kappa shape index (κ3) is 2.62. The smallest absolute Gasteiger partial charge is 0.180 e. The monoisotopic (exact) mass is 283 g/mol. The number of rotatable bonds is 4. The highest BCUT2D eigenvalue weighted by Crippen LogP contribution is 2.23. The van der Waals surface area contributed by atoms with Gasteiger partial charge in [-0.1, -0.05) is 0 Å². The van der Waals surface area contributed by atoms with Crippen LogP contribution in [0.1, 0.15) is 6.92 Å². The molecular weight excluding hydrogens is 266 g/mol. The molecule has 7 nitrogen and oxygen atoms in total. The molecule has 0 unspecified atom stereocenters. The zero-order valence-corrected chi connectivity index (χ0v) is 12.3. The largest absolute Gasteiger partial charge is 0.370 e. The van der Waals surface area contributed by atoms with Gasteiger partial charge in [-0.2, -0.15) is 10.2 Å². The second kappa shape index (κ2) is 5.35. The summed E-state index contributed by atoms with van der Waals surface area (Å²) in [4.78, 5) is 9.19. The molecule has 108 valence electrons. The van der Waals surface area contributed by atoms with Crippen LogP contribution >= 0.6 is 0 Å². The van der Waals surface area contributed by atoms with E-state index in [-0.39, 0.29) is 0 Å². The Kier molecular flexibility index (Phi) is 3.39. The zero-order chi connectivity index (χ0) is 14.8. The number of aromatic nitrogens is 6. The van der Waals surface area contributed by atoms with Gasteiger partial charge in [-0.05, 0) is 13.0 Å². The maximum atomic E-state index is 4.64. The molecule has 0 fully saturated rings. The van der Waals surface area contributed by atoms with E-state index in [1.54, 1.807) is 21.8 Å². The molecule has 3 aromatic heterocycles. The van der Waals surface area contributed by atoms with Gasteiger partial charge in [-0.3, -0.25) is 9.36 Å². The van der Waals surface area contributed by atoms with E-state index in [4.69, 9.17) is 0 Å². The minimum atomic E-state index is 0.646. The first kappa shape index (κ1) is 13.3. The molecule has 1 N–H and O–H groups in total. The van der Waals surface area contributed by atoms with Gasteiger partial charge in [-0.15, -0.1) is 0 Å². The first-order valence-corrected chi connectivity index (χ1v) is 6.77. The predicted octanol–water partition coefficient (Wildman–Crippen LogP) is 1.71. The molecule has 0 amide bonds. The molecule has 0 atom stereocenters. The molecule has 3 heterocycles. The Labute approximate surface area is 122 Å². The van der Waals surface area contributed by atoms with E-state index < -0.39 is 0 Å². The topological polar surface area (TPSA) is 73.5 Å². The highest BCUT2D eigenvalue weighted by Gasteiger charge is 2.12. The minimum Gasteiger partial charge on any atom is -0.370 e. The summed E-state index contributed by atoms with van der Waals surface area (Å²) in [6, 6.07) is 3.83. The van der Waals surface area contributed by atoms with Crippen LogP contribution in [0.25, 0.3) is 22.8 Å². The summed E-state index contributed by atoms with van der Waals surface area (Å²) in [5.74, 6) is 1.44. The van der Waals surface area contributed by atoms with E-state index in [2.05, 4.69) is 25.5 Å². The second-order valence-corrected chi connectivity index (χ2v) is 4.74. The molecule has 0 radical (unpaired) electrons. The molecule has 0 aliphatic carbocycles. The highest BCUT2D eigenvalue weighted by molar-refractivity contribution is 5.65. The Balaban J connectivity index is 2.12. The lowest BCUT2D eigenvalue weighted by Gasteiger charge is -2.08. The van der Waals surface area contributed by atoms with Gasteiger partial charge < -0.3 is 5.32 Å². The van der Waals surface area contributed by atoms with E-state index in [1.165, 1.54) is 0 Å². The first-order chi connectivity index (χ1) is 10.2. The third-order valence-corrected chi connectivity index (χ3v) is 3.13. The van der Waals surface area contributed by atoms with Gasteiger partial charge in [0.2, 0.25) is 0 Å². The van der Waals surface area contributed by atoms with Crippen molar-refractivity contribution in [2.45, 2.75) is 6.92 Å². The summed E-state index contributed by atoms with van der Waals surface area (Å²) in [5.41, 5.74) is 2.67. The fraction of sp³-hybridized carbons (Fsp3) is 0.286. The summed E-state index contributed by atoms with van der Waals surface area (Å²) >= 11 is 0. The number of nitrogens with one attached hydrogen (secondary N) is 1. The molecular formula is C14H17N7. The van der Waals surface area contributed by atoms with E-state index in [1.807, 2.05) is 39.3 Å². The van der Waals surface area contributed by atoms with Gasteiger partial charge in [0.15, 0.2) is 5.82 Å². The summed E-state index contributed by atoms with van der Waals surface area (Å²) in [6.45, 7) is 2.84. The molecule has 3 rings (SSSR count). The molecule has 3 aromatic rings. The van der Waals surface area contributed by atoms with Crippen LogP contribution in [-0.4, -0.2) is 36.1 Å². The van der Waals surface area contributed by atoms with Crippen molar-refractivity contribution in [3.63, 3.8) is 0 Å². The average Bonchev–Trinajstić information content (AvgIpc) is 3.07. The van der Waals surface area contributed by atoms with Gasteiger partial charge in [0.05, 0.1) is 11.9 Å². The lowest BCUT2D eigenvalue weighted by atomic mass is 10.2. The number of anilines is 1. The summed E-state index contributed by atoms with van der Waals surface area (Å²) in [6.07, 6.45) is 5.47. The van der Waals surface area contributed by atoms with E-state index in [0.29, 0.717) is 5.82 Å². The van der Waals surface area contributed by atoms with Crippen LogP contribution < -0.4 is 5.32 Å². The fourth-order valence-corrected chi connectivity index (χ4v) is 2.13. The Morgan fingerprint density at radius 3 is 2.67 bits per heavy atom. The molecule has 0 aliphatic rings. The number of aryl methyl sites for hydroxylation is 2. The summed E-state index contributed by atoms with van der Waals surface area (Å²) in [7, 11) is 3.76. The Morgan fingerprint density at radius 1 is 1.19 bits per heavy atom. The van der Waals surface area contributed by atoms with Crippen molar-refractivity contribution in [2.24, 2.45) is 14.1 Å². The van der Waals surface area contributed by atoms with Gasteiger partial charge in [-0.25, -0.2) is 9.97 Å². The van der Waals surface area contributed by atoms with Gasteiger partial charge in [0.25, 0.3) is 0 Å². The van der Waals surface area contributed by atoms with Crippen molar-refractivity contribution in [2.75, 3.05) is 11.9 Å². The normalized spacial score (nSPS) is 10.8. The molecule has 0 saturated heterocycles. The van der Waals surface area contributed by atoms with Crippen molar-refractivity contribution in [3.8, 4) is 22.8 Å². The lowest BCUT2D eigenvalue weighted by Crippen LogP contribution is -2.04. The molecule has 21 heavy (non-hydrogen) atoms. The standard InChI is InChI=1S/C14H17N7/c1-4-15-13-7-11(10-8-17-20(2)9-10)18-14(19-13)12-5-6-16-21(12)3/h5-9H,4H2,1-3H3,(H,15,18,19). The molecule has 0 bridgehead atoms. The Bertz CT molecular complexity index is 756. The van der Waals surface area contributed by atoms with Gasteiger partial charge in [0.1, 0.15) is 11.5 Å². The van der Waals surface area contributed by atoms with Crippen LogP contribution in [0.2, 0.25) is 0 Å². The SMILES string of the molecule is CCNc1cc(-c2cnn(C)c2)nc(-c2ccnn2C)n1. The molecule has 0 aliphatic heterocycles.